The average molecular weight is 327 g/mol. The number of carbonyl (C=O) groups excluding carboxylic acids is 1. The van der Waals surface area contributed by atoms with E-state index in [0.29, 0.717) is 6.61 Å². The Bertz CT molecular complexity index is 463. The Labute approximate surface area is 122 Å². The van der Waals surface area contributed by atoms with Gasteiger partial charge in [-0.15, -0.1) is 0 Å². The molecule has 1 aromatic carbocycles. The molecule has 0 bridgehead atoms. The summed E-state index contributed by atoms with van der Waals surface area (Å²) in [5.74, 6) is 0.0119. The number of carbonyl (C=O) groups is 1. The molecule has 0 saturated heterocycles. The molecule has 1 amide bonds. The third-order valence-electron chi connectivity index (χ3n) is 2.97. The molecule has 1 aromatic rings. The molecule has 1 aliphatic heterocycles. The van der Waals surface area contributed by atoms with Crippen molar-refractivity contribution in [1.29, 1.82) is 0 Å². The molecule has 0 fully saturated rings. The Kier molecular flexibility index (Phi) is 4.96. The third-order valence-corrected chi connectivity index (χ3v) is 3.46. The van der Waals surface area contributed by atoms with Crippen molar-refractivity contribution < 1.29 is 9.53 Å². The van der Waals surface area contributed by atoms with Crippen LogP contribution in [0.4, 0.5) is 5.69 Å². The normalized spacial score (nSPS) is 17.7. The number of hydrogen-bond acceptors (Lipinski definition) is 3. The van der Waals surface area contributed by atoms with E-state index in [-0.39, 0.29) is 18.1 Å². The summed E-state index contributed by atoms with van der Waals surface area (Å²) in [5.41, 5.74) is 1.90. The lowest BCUT2D eigenvalue weighted by molar-refractivity contribution is -0.117. The van der Waals surface area contributed by atoms with Gasteiger partial charge in [-0.3, -0.25) is 4.79 Å². The van der Waals surface area contributed by atoms with Crippen LogP contribution in [0.2, 0.25) is 0 Å². The lowest BCUT2D eigenvalue weighted by atomic mass is 10.1. The molecule has 0 spiro atoms. The molecule has 19 heavy (non-hydrogen) atoms. The van der Waals surface area contributed by atoms with Crippen molar-refractivity contribution in [3.63, 3.8) is 0 Å². The number of fused-ring (bicyclic) bond motifs is 1. The molecule has 0 aliphatic carbocycles. The minimum absolute atomic E-state index is 0.0119. The maximum absolute atomic E-state index is 11.9. The standard InChI is InChI=1S/C14H19BrN2O2/c1-9(2)19-7-3-6-16-13-11-8-10(15)4-5-12(11)17-14(13)18/h4-5,8-9,13,16H,3,6-7H2,1-2H3,(H,17,18). The van der Waals surface area contributed by atoms with Gasteiger partial charge in [-0.1, -0.05) is 15.9 Å². The number of anilines is 1. The second-order valence-corrected chi connectivity index (χ2v) is 5.80. The van der Waals surface area contributed by atoms with Crippen LogP contribution in [-0.4, -0.2) is 25.2 Å². The Morgan fingerprint density at radius 2 is 2.26 bits per heavy atom. The van der Waals surface area contributed by atoms with Crippen molar-refractivity contribution in [3.8, 4) is 0 Å². The van der Waals surface area contributed by atoms with Crippen molar-refractivity contribution in [2.45, 2.75) is 32.4 Å². The first kappa shape index (κ1) is 14.5. The maximum atomic E-state index is 11.9. The monoisotopic (exact) mass is 326 g/mol. The fraction of sp³-hybridized carbons (Fsp3) is 0.500. The fourth-order valence-electron chi connectivity index (χ4n) is 2.07. The molecule has 1 heterocycles. The van der Waals surface area contributed by atoms with Gasteiger partial charge in [0, 0.05) is 22.3 Å². The Hall–Kier alpha value is -0.910. The summed E-state index contributed by atoms with van der Waals surface area (Å²) in [6, 6.07) is 5.57. The van der Waals surface area contributed by atoms with Crippen LogP contribution < -0.4 is 10.6 Å². The van der Waals surface area contributed by atoms with Gasteiger partial charge in [0.2, 0.25) is 5.91 Å². The van der Waals surface area contributed by atoms with Gasteiger partial charge in [0.05, 0.1) is 6.10 Å². The molecule has 2 rings (SSSR count). The van der Waals surface area contributed by atoms with Crippen molar-refractivity contribution >= 4 is 27.5 Å². The first-order valence-electron chi connectivity index (χ1n) is 6.53. The molecular weight excluding hydrogens is 308 g/mol. The van der Waals surface area contributed by atoms with Crippen molar-refractivity contribution in [1.82, 2.24) is 5.32 Å². The Balaban J connectivity index is 1.88. The van der Waals surface area contributed by atoms with Gasteiger partial charge in [0.25, 0.3) is 0 Å². The number of hydrogen-bond donors (Lipinski definition) is 2. The highest BCUT2D eigenvalue weighted by Gasteiger charge is 2.29. The predicted molar refractivity (Wildman–Crippen MR) is 79.2 cm³/mol. The number of amides is 1. The average Bonchev–Trinajstić information content (AvgIpc) is 2.65. The number of ether oxygens (including phenoxy) is 1. The zero-order valence-corrected chi connectivity index (χ0v) is 12.8. The van der Waals surface area contributed by atoms with Crippen LogP contribution >= 0.6 is 15.9 Å². The first-order valence-corrected chi connectivity index (χ1v) is 7.32. The topological polar surface area (TPSA) is 50.4 Å². The second kappa shape index (κ2) is 6.50. The van der Waals surface area contributed by atoms with Gasteiger partial charge in [-0.25, -0.2) is 0 Å². The first-order chi connectivity index (χ1) is 9.08. The van der Waals surface area contributed by atoms with E-state index in [1.165, 1.54) is 0 Å². The molecule has 1 unspecified atom stereocenters. The minimum Gasteiger partial charge on any atom is -0.379 e. The van der Waals surface area contributed by atoms with Gasteiger partial charge in [0.1, 0.15) is 6.04 Å². The van der Waals surface area contributed by atoms with Crippen molar-refractivity contribution in [3.05, 3.63) is 28.2 Å². The van der Waals surface area contributed by atoms with Crippen molar-refractivity contribution in [2.75, 3.05) is 18.5 Å². The second-order valence-electron chi connectivity index (χ2n) is 4.88. The van der Waals surface area contributed by atoms with E-state index in [9.17, 15) is 4.79 Å². The molecule has 4 nitrogen and oxygen atoms in total. The predicted octanol–water partition coefficient (Wildman–Crippen LogP) is 2.85. The highest BCUT2D eigenvalue weighted by Crippen LogP contribution is 2.32. The highest BCUT2D eigenvalue weighted by atomic mass is 79.9. The lowest BCUT2D eigenvalue weighted by Gasteiger charge is -2.12. The van der Waals surface area contributed by atoms with Crippen molar-refractivity contribution in [2.24, 2.45) is 0 Å². The van der Waals surface area contributed by atoms with Gasteiger partial charge in [-0.2, -0.15) is 0 Å². The quantitative estimate of drug-likeness (QED) is 0.790. The summed E-state index contributed by atoms with van der Waals surface area (Å²) in [6.07, 6.45) is 1.15. The zero-order chi connectivity index (χ0) is 13.8. The zero-order valence-electron chi connectivity index (χ0n) is 11.2. The summed E-state index contributed by atoms with van der Waals surface area (Å²) in [6.45, 7) is 5.51. The molecule has 2 N–H and O–H groups in total. The summed E-state index contributed by atoms with van der Waals surface area (Å²) >= 11 is 3.43. The van der Waals surface area contributed by atoms with Gasteiger partial charge < -0.3 is 15.4 Å². The van der Waals surface area contributed by atoms with Gasteiger partial charge >= 0.3 is 0 Å². The van der Waals surface area contributed by atoms with Crippen LogP contribution in [-0.2, 0) is 9.53 Å². The van der Waals surface area contributed by atoms with E-state index < -0.39 is 0 Å². The van der Waals surface area contributed by atoms with Gasteiger partial charge in [0.15, 0.2) is 0 Å². The highest BCUT2D eigenvalue weighted by molar-refractivity contribution is 9.10. The number of halogens is 1. The summed E-state index contributed by atoms with van der Waals surface area (Å²) < 4.78 is 6.46. The third kappa shape index (κ3) is 3.78. The Morgan fingerprint density at radius 1 is 1.47 bits per heavy atom. The minimum atomic E-state index is -0.258. The van der Waals surface area contributed by atoms with E-state index in [0.717, 1.165) is 28.7 Å². The van der Waals surface area contributed by atoms with Crippen LogP contribution in [0.3, 0.4) is 0 Å². The molecule has 1 atom stereocenters. The van der Waals surface area contributed by atoms with E-state index in [2.05, 4.69) is 26.6 Å². The van der Waals surface area contributed by atoms with Crippen LogP contribution in [0.1, 0.15) is 31.9 Å². The van der Waals surface area contributed by atoms with Crippen LogP contribution in [0.25, 0.3) is 0 Å². The molecule has 104 valence electrons. The summed E-state index contributed by atoms with van der Waals surface area (Å²) in [4.78, 5) is 11.9. The molecule has 0 radical (unpaired) electrons. The van der Waals surface area contributed by atoms with Crippen LogP contribution in [0.15, 0.2) is 22.7 Å². The van der Waals surface area contributed by atoms with E-state index in [4.69, 9.17) is 4.74 Å². The summed E-state index contributed by atoms with van der Waals surface area (Å²) in [5, 5.41) is 6.16. The Morgan fingerprint density at radius 3 is 3.00 bits per heavy atom. The SMILES string of the molecule is CC(C)OCCCNC1C(=O)Nc2ccc(Br)cc21. The number of rotatable bonds is 6. The van der Waals surface area contributed by atoms with E-state index >= 15 is 0 Å². The van der Waals surface area contributed by atoms with E-state index in [1.807, 2.05) is 32.0 Å². The van der Waals surface area contributed by atoms with E-state index in [1.54, 1.807) is 0 Å². The van der Waals surface area contributed by atoms with Crippen LogP contribution in [0.5, 0.6) is 0 Å². The molecule has 0 saturated carbocycles. The number of benzene rings is 1. The summed E-state index contributed by atoms with van der Waals surface area (Å²) in [7, 11) is 0. The maximum Gasteiger partial charge on any atom is 0.246 e. The fourth-order valence-corrected chi connectivity index (χ4v) is 2.45. The molecule has 5 heteroatoms. The number of nitrogens with one attached hydrogen (secondary N) is 2. The molecule has 0 aromatic heterocycles. The molecular formula is C14H19BrN2O2. The van der Waals surface area contributed by atoms with Crippen LogP contribution in [0, 0.1) is 0 Å². The van der Waals surface area contributed by atoms with Gasteiger partial charge in [-0.05, 0) is 45.0 Å². The lowest BCUT2D eigenvalue weighted by Crippen LogP contribution is -2.29. The smallest absolute Gasteiger partial charge is 0.246 e. The molecule has 1 aliphatic rings. The largest absolute Gasteiger partial charge is 0.379 e.